The Hall–Kier alpha value is -1.62. The first-order valence-electron chi connectivity index (χ1n) is 5.66. The van der Waals surface area contributed by atoms with Gasteiger partial charge in [-0.05, 0) is 6.42 Å². The second-order valence-corrected chi connectivity index (χ2v) is 4.36. The van der Waals surface area contributed by atoms with E-state index in [1.165, 1.54) is 16.8 Å². The highest BCUT2D eigenvalue weighted by Crippen LogP contribution is 2.33. The summed E-state index contributed by atoms with van der Waals surface area (Å²) in [6.45, 7) is 2.86. The van der Waals surface area contributed by atoms with Crippen molar-refractivity contribution in [2.24, 2.45) is 0 Å². The first-order valence-corrected chi connectivity index (χ1v) is 5.66. The Kier molecular flexibility index (Phi) is 1.57. The van der Waals surface area contributed by atoms with Gasteiger partial charge in [0.05, 0.1) is 11.4 Å². The number of fused-ring (bicyclic) bond motifs is 5. The predicted octanol–water partition coefficient (Wildman–Crippen LogP) is 0.740. The third-order valence-electron chi connectivity index (χ3n) is 3.43. The van der Waals surface area contributed by atoms with Crippen LogP contribution in [0.3, 0.4) is 0 Å². The standard InChI is InChI=1S/C11H12N4O/c1-3-12-5-8-9(1)13-15-4-2-7-6-16-14-10(7)11(8)15/h6,12H,1-5H2. The third-order valence-corrected chi connectivity index (χ3v) is 3.43. The van der Waals surface area contributed by atoms with Gasteiger partial charge in [-0.1, -0.05) is 5.16 Å². The van der Waals surface area contributed by atoms with E-state index in [9.17, 15) is 0 Å². The van der Waals surface area contributed by atoms with Crippen LogP contribution in [0.4, 0.5) is 0 Å². The van der Waals surface area contributed by atoms with Crippen LogP contribution in [0, 0.1) is 0 Å². The van der Waals surface area contributed by atoms with Crippen LogP contribution < -0.4 is 5.32 Å². The van der Waals surface area contributed by atoms with Crippen LogP contribution in [0.15, 0.2) is 10.8 Å². The van der Waals surface area contributed by atoms with Crippen molar-refractivity contribution in [1.82, 2.24) is 20.3 Å². The lowest BCUT2D eigenvalue weighted by atomic mass is 10.0. The summed E-state index contributed by atoms with van der Waals surface area (Å²) >= 11 is 0. The van der Waals surface area contributed by atoms with Gasteiger partial charge >= 0.3 is 0 Å². The molecule has 0 amide bonds. The molecule has 0 unspecified atom stereocenters. The summed E-state index contributed by atoms with van der Waals surface area (Å²) in [6.07, 6.45) is 3.75. The summed E-state index contributed by atoms with van der Waals surface area (Å²) in [5.41, 5.74) is 5.90. The normalized spacial score (nSPS) is 17.8. The number of hydrogen-bond donors (Lipinski definition) is 1. The zero-order chi connectivity index (χ0) is 10.5. The first kappa shape index (κ1) is 8.52. The van der Waals surface area contributed by atoms with Gasteiger partial charge in [-0.3, -0.25) is 4.68 Å². The molecule has 5 nitrogen and oxygen atoms in total. The summed E-state index contributed by atoms with van der Waals surface area (Å²) in [5.74, 6) is 0. The van der Waals surface area contributed by atoms with Crippen LogP contribution in [-0.4, -0.2) is 21.5 Å². The molecule has 0 spiro atoms. The first-order chi connectivity index (χ1) is 7.93. The Morgan fingerprint density at radius 3 is 3.38 bits per heavy atom. The van der Waals surface area contributed by atoms with Crippen molar-refractivity contribution in [3.8, 4) is 11.4 Å². The molecule has 0 radical (unpaired) electrons. The molecule has 5 heteroatoms. The van der Waals surface area contributed by atoms with Crippen molar-refractivity contribution >= 4 is 0 Å². The summed E-state index contributed by atoms with van der Waals surface area (Å²) in [6, 6.07) is 0. The molecule has 1 N–H and O–H groups in total. The smallest absolute Gasteiger partial charge is 0.135 e. The largest absolute Gasteiger partial charge is 0.364 e. The minimum absolute atomic E-state index is 0.900. The molecule has 0 aromatic carbocycles. The number of nitrogens with one attached hydrogen (secondary N) is 1. The Morgan fingerprint density at radius 2 is 2.38 bits per heavy atom. The van der Waals surface area contributed by atoms with E-state index < -0.39 is 0 Å². The molecule has 4 rings (SSSR count). The molecule has 0 fully saturated rings. The highest BCUT2D eigenvalue weighted by atomic mass is 16.5. The Labute approximate surface area is 92.4 Å². The summed E-state index contributed by atoms with van der Waals surface area (Å²) in [4.78, 5) is 0. The van der Waals surface area contributed by atoms with E-state index in [0.717, 1.165) is 43.9 Å². The van der Waals surface area contributed by atoms with Gasteiger partial charge in [0.2, 0.25) is 0 Å². The number of aromatic nitrogens is 3. The Morgan fingerprint density at radius 1 is 1.38 bits per heavy atom. The fraction of sp³-hybridized carbons (Fsp3) is 0.455. The quantitative estimate of drug-likeness (QED) is 0.705. The van der Waals surface area contributed by atoms with Crippen molar-refractivity contribution in [2.75, 3.05) is 6.54 Å². The number of aryl methyl sites for hydroxylation is 2. The number of rotatable bonds is 0. The van der Waals surface area contributed by atoms with E-state index in [1.54, 1.807) is 6.26 Å². The second kappa shape index (κ2) is 2.95. The van der Waals surface area contributed by atoms with Gasteiger partial charge in [0, 0.05) is 37.2 Å². The van der Waals surface area contributed by atoms with Crippen molar-refractivity contribution in [1.29, 1.82) is 0 Å². The minimum atomic E-state index is 0.900. The lowest BCUT2D eigenvalue weighted by Crippen LogP contribution is -2.23. The summed E-state index contributed by atoms with van der Waals surface area (Å²) in [7, 11) is 0. The molecule has 0 atom stereocenters. The highest BCUT2D eigenvalue weighted by Gasteiger charge is 2.28. The second-order valence-electron chi connectivity index (χ2n) is 4.36. The average molecular weight is 216 g/mol. The molecule has 16 heavy (non-hydrogen) atoms. The molecule has 0 aliphatic carbocycles. The van der Waals surface area contributed by atoms with E-state index in [2.05, 4.69) is 20.3 Å². The van der Waals surface area contributed by atoms with Gasteiger partial charge in [-0.2, -0.15) is 5.10 Å². The lowest BCUT2D eigenvalue weighted by Gasteiger charge is -2.15. The van der Waals surface area contributed by atoms with Gasteiger partial charge in [0.25, 0.3) is 0 Å². The van der Waals surface area contributed by atoms with Crippen LogP contribution in [-0.2, 0) is 25.9 Å². The monoisotopic (exact) mass is 216 g/mol. The maximum absolute atomic E-state index is 5.07. The van der Waals surface area contributed by atoms with Gasteiger partial charge in [0.15, 0.2) is 0 Å². The van der Waals surface area contributed by atoms with Gasteiger partial charge in [0.1, 0.15) is 12.0 Å². The summed E-state index contributed by atoms with van der Waals surface area (Å²) < 4.78 is 7.16. The summed E-state index contributed by atoms with van der Waals surface area (Å²) in [5, 5.41) is 12.2. The fourth-order valence-electron chi connectivity index (χ4n) is 2.64. The maximum Gasteiger partial charge on any atom is 0.135 e. The molecule has 2 aliphatic rings. The number of hydrogen-bond acceptors (Lipinski definition) is 4. The van der Waals surface area contributed by atoms with Crippen molar-refractivity contribution < 1.29 is 4.52 Å². The van der Waals surface area contributed by atoms with E-state index >= 15 is 0 Å². The molecular formula is C11H12N4O. The highest BCUT2D eigenvalue weighted by molar-refractivity contribution is 5.65. The zero-order valence-corrected chi connectivity index (χ0v) is 8.86. The van der Waals surface area contributed by atoms with Crippen LogP contribution >= 0.6 is 0 Å². The van der Waals surface area contributed by atoms with Crippen molar-refractivity contribution in [3.63, 3.8) is 0 Å². The van der Waals surface area contributed by atoms with E-state index in [1.807, 2.05) is 0 Å². The maximum atomic E-state index is 5.07. The van der Waals surface area contributed by atoms with E-state index in [-0.39, 0.29) is 0 Å². The van der Waals surface area contributed by atoms with Crippen LogP contribution in [0.1, 0.15) is 16.8 Å². The van der Waals surface area contributed by atoms with Crippen LogP contribution in [0.2, 0.25) is 0 Å². The van der Waals surface area contributed by atoms with Crippen molar-refractivity contribution in [3.05, 3.63) is 23.1 Å². The molecular weight excluding hydrogens is 204 g/mol. The lowest BCUT2D eigenvalue weighted by molar-refractivity contribution is 0.421. The molecule has 0 saturated carbocycles. The Bertz CT molecular complexity index is 554. The molecule has 0 bridgehead atoms. The molecule has 2 aliphatic heterocycles. The van der Waals surface area contributed by atoms with Gasteiger partial charge in [-0.25, -0.2) is 0 Å². The molecule has 0 saturated heterocycles. The SMILES string of the molecule is c1onc2c1CCn1nc3c(c1-2)CNCC3. The molecule has 82 valence electrons. The van der Waals surface area contributed by atoms with Crippen LogP contribution in [0.5, 0.6) is 0 Å². The topological polar surface area (TPSA) is 55.9 Å². The molecule has 2 aromatic heterocycles. The molecule has 2 aromatic rings. The zero-order valence-electron chi connectivity index (χ0n) is 8.86. The number of nitrogens with zero attached hydrogens (tertiary/aromatic N) is 3. The third kappa shape index (κ3) is 0.983. The van der Waals surface area contributed by atoms with Crippen molar-refractivity contribution in [2.45, 2.75) is 25.9 Å². The van der Waals surface area contributed by atoms with E-state index in [4.69, 9.17) is 4.52 Å². The van der Waals surface area contributed by atoms with Gasteiger partial charge in [-0.15, -0.1) is 0 Å². The van der Waals surface area contributed by atoms with Gasteiger partial charge < -0.3 is 9.84 Å². The minimum Gasteiger partial charge on any atom is -0.364 e. The Balaban J connectivity index is 1.99. The predicted molar refractivity (Wildman–Crippen MR) is 56.8 cm³/mol. The van der Waals surface area contributed by atoms with Crippen LogP contribution in [0.25, 0.3) is 11.4 Å². The average Bonchev–Trinajstić information content (AvgIpc) is 2.91. The fourth-order valence-corrected chi connectivity index (χ4v) is 2.64. The molecule has 4 heterocycles. The van der Waals surface area contributed by atoms with E-state index in [0.29, 0.717) is 0 Å².